The fraction of sp³-hybridized carbons (Fsp3) is 0.500. The minimum absolute atomic E-state index is 0.173. The highest BCUT2D eigenvalue weighted by Gasteiger charge is 2.07. The molecule has 1 aromatic carbocycles. The largest absolute Gasteiger partial charge is 0.326 e. The highest BCUT2D eigenvalue weighted by atomic mass is 14.9. The van der Waals surface area contributed by atoms with Crippen LogP contribution < -0.4 is 11.1 Å². The Balaban J connectivity index is 2.52. The highest BCUT2D eigenvalue weighted by Crippen LogP contribution is 2.06. The van der Waals surface area contributed by atoms with Gasteiger partial charge >= 0.3 is 0 Å². The maximum absolute atomic E-state index is 5.53. The van der Waals surface area contributed by atoms with Gasteiger partial charge in [-0.3, -0.25) is 0 Å². The van der Waals surface area contributed by atoms with Crippen LogP contribution in [-0.2, 0) is 13.1 Å². The second-order valence-corrected chi connectivity index (χ2v) is 4.62. The van der Waals surface area contributed by atoms with Gasteiger partial charge in [0.15, 0.2) is 0 Å². The molecule has 0 radical (unpaired) electrons. The summed E-state index contributed by atoms with van der Waals surface area (Å²) in [4.78, 5) is 0. The lowest BCUT2D eigenvalue weighted by atomic mass is 10.1. The lowest BCUT2D eigenvalue weighted by molar-refractivity contribution is 0.424. The van der Waals surface area contributed by atoms with Crippen molar-refractivity contribution in [3.8, 4) is 0 Å². The molecular formula is C12H20N2. The van der Waals surface area contributed by atoms with Crippen LogP contribution in [0.5, 0.6) is 0 Å². The fourth-order valence-corrected chi connectivity index (χ4v) is 1.16. The molecule has 1 aromatic rings. The van der Waals surface area contributed by atoms with E-state index < -0.39 is 0 Å². The third-order valence-corrected chi connectivity index (χ3v) is 2.08. The number of nitrogens with two attached hydrogens (primary N) is 1. The van der Waals surface area contributed by atoms with Gasteiger partial charge < -0.3 is 11.1 Å². The summed E-state index contributed by atoms with van der Waals surface area (Å²) in [5.74, 6) is 0. The number of hydrogen-bond donors (Lipinski definition) is 2. The van der Waals surface area contributed by atoms with Crippen molar-refractivity contribution in [2.24, 2.45) is 5.73 Å². The van der Waals surface area contributed by atoms with Crippen molar-refractivity contribution < 1.29 is 0 Å². The van der Waals surface area contributed by atoms with Gasteiger partial charge in [-0.05, 0) is 31.9 Å². The Morgan fingerprint density at radius 3 is 2.00 bits per heavy atom. The van der Waals surface area contributed by atoms with Gasteiger partial charge in [-0.15, -0.1) is 0 Å². The van der Waals surface area contributed by atoms with E-state index in [1.54, 1.807) is 0 Å². The second-order valence-electron chi connectivity index (χ2n) is 4.62. The molecule has 0 atom stereocenters. The Morgan fingerprint density at radius 2 is 1.57 bits per heavy atom. The first-order valence-corrected chi connectivity index (χ1v) is 5.04. The number of nitrogens with one attached hydrogen (secondary N) is 1. The van der Waals surface area contributed by atoms with Crippen molar-refractivity contribution in [1.82, 2.24) is 5.32 Å². The Labute approximate surface area is 86.5 Å². The summed E-state index contributed by atoms with van der Waals surface area (Å²) in [5.41, 5.74) is 8.19. The van der Waals surface area contributed by atoms with Gasteiger partial charge in [-0.2, -0.15) is 0 Å². The highest BCUT2D eigenvalue weighted by molar-refractivity contribution is 5.22. The van der Waals surface area contributed by atoms with Gasteiger partial charge in [0, 0.05) is 18.6 Å². The van der Waals surface area contributed by atoms with Crippen molar-refractivity contribution in [2.75, 3.05) is 0 Å². The normalized spacial score (nSPS) is 11.7. The van der Waals surface area contributed by atoms with Crippen molar-refractivity contribution in [1.29, 1.82) is 0 Å². The van der Waals surface area contributed by atoms with Crippen LogP contribution in [-0.4, -0.2) is 5.54 Å². The molecule has 1 rings (SSSR count). The van der Waals surface area contributed by atoms with Crippen LogP contribution in [0.4, 0.5) is 0 Å². The predicted molar refractivity (Wildman–Crippen MR) is 60.9 cm³/mol. The number of benzene rings is 1. The summed E-state index contributed by atoms with van der Waals surface area (Å²) in [6.45, 7) is 8.03. The smallest absolute Gasteiger partial charge is 0.0210 e. The molecule has 0 saturated heterocycles. The summed E-state index contributed by atoms with van der Waals surface area (Å²) in [7, 11) is 0. The van der Waals surface area contributed by atoms with Gasteiger partial charge in [-0.25, -0.2) is 0 Å². The molecule has 0 saturated carbocycles. The lowest BCUT2D eigenvalue weighted by Gasteiger charge is -2.20. The van der Waals surface area contributed by atoms with E-state index in [0.717, 1.165) is 6.54 Å². The van der Waals surface area contributed by atoms with E-state index in [1.807, 2.05) is 0 Å². The zero-order chi connectivity index (χ0) is 10.6. The first-order valence-electron chi connectivity index (χ1n) is 5.04. The van der Waals surface area contributed by atoms with Gasteiger partial charge in [0.1, 0.15) is 0 Å². The van der Waals surface area contributed by atoms with Crippen molar-refractivity contribution in [3.63, 3.8) is 0 Å². The molecule has 0 bridgehead atoms. The zero-order valence-corrected chi connectivity index (χ0v) is 9.30. The van der Waals surface area contributed by atoms with Crippen LogP contribution in [0.3, 0.4) is 0 Å². The average Bonchev–Trinajstić information content (AvgIpc) is 2.14. The van der Waals surface area contributed by atoms with E-state index in [0.29, 0.717) is 6.54 Å². The molecule has 0 aliphatic rings. The molecule has 0 spiro atoms. The van der Waals surface area contributed by atoms with E-state index in [9.17, 15) is 0 Å². The van der Waals surface area contributed by atoms with Crippen LogP contribution in [0.15, 0.2) is 24.3 Å². The molecular weight excluding hydrogens is 172 g/mol. The first-order chi connectivity index (χ1) is 6.51. The molecule has 14 heavy (non-hydrogen) atoms. The van der Waals surface area contributed by atoms with Crippen molar-refractivity contribution in [2.45, 2.75) is 39.4 Å². The minimum Gasteiger partial charge on any atom is -0.326 e. The van der Waals surface area contributed by atoms with E-state index in [1.165, 1.54) is 11.1 Å². The third kappa shape index (κ3) is 3.90. The summed E-state index contributed by atoms with van der Waals surface area (Å²) in [5, 5.41) is 3.44. The van der Waals surface area contributed by atoms with Crippen LogP contribution in [0.25, 0.3) is 0 Å². The topological polar surface area (TPSA) is 38.0 Å². The van der Waals surface area contributed by atoms with Crippen LogP contribution >= 0.6 is 0 Å². The number of rotatable bonds is 3. The van der Waals surface area contributed by atoms with E-state index >= 15 is 0 Å². The second kappa shape index (κ2) is 4.58. The van der Waals surface area contributed by atoms with Crippen LogP contribution in [0, 0.1) is 0 Å². The summed E-state index contributed by atoms with van der Waals surface area (Å²) < 4.78 is 0. The monoisotopic (exact) mass is 192 g/mol. The molecule has 0 aliphatic carbocycles. The van der Waals surface area contributed by atoms with Crippen LogP contribution in [0.1, 0.15) is 31.9 Å². The molecule has 0 aromatic heterocycles. The Morgan fingerprint density at radius 1 is 1.07 bits per heavy atom. The zero-order valence-electron chi connectivity index (χ0n) is 9.30. The fourth-order valence-electron chi connectivity index (χ4n) is 1.16. The summed E-state index contributed by atoms with van der Waals surface area (Å²) in [6.07, 6.45) is 0. The van der Waals surface area contributed by atoms with E-state index in [4.69, 9.17) is 5.73 Å². The maximum atomic E-state index is 5.53. The van der Waals surface area contributed by atoms with E-state index in [2.05, 4.69) is 50.4 Å². The van der Waals surface area contributed by atoms with E-state index in [-0.39, 0.29) is 5.54 Å². The van der Waals surface area contributed by atoms with Crippen molar-refractivity contribution in [3.05, 3.63) is 35.4 Å². The molecule has 0 unspecified atom stereocenters. The van der Waals surface area contributed by atoms with Gasteiger partial charge in [0.25, 0.3) is 0 Å². The Hall–Kier alpha value is -0.860. The molecule has 0 fully saturated rings. The van der Waals surface area contributed by atoms with Crippen molar-refractivity contribution >= 4 is 0 Å². The molecule has 78 valence electrons. The molecule has 0 amide bonds. The Bertz CT molecular complexity index is 269. The molecule has 2 nitrogen and oxygen atoms in total. The third-order valence-electron chi connectivity index (χ3n) is 2.08. The predicted octanol–water partition coefficient (Wildman–Crippen LogP) is 2.03. The molecule has 0 aliphatic heterocycles. The summed E-state index contributed by atoms with van der Waals surface area (Å²) >= 11 is 0. The molecule has 3 N–H and O–H groups in total. The maximum Gasteiger partial charge on any atom is 0.0210 e. The lowest BCUT2D eigenvalue weighted by Crippen LogP contribution is -2.35. The molecule has 0 heterocycles. The van der Waals surface area contributed by atoms with Crippen LogP contribution in [0.2, 0.25) is 0 Å². The van der Waals surface area contributed by atoms with Gasteiger partial charge in [-0.1, -0.05) is 24.3 Å². The van der Waals surface area contributed by atoms with Gasteiger partial charge in [0.2, 0.25) is 0 Å². The minimum atomic E-state index is 0.173. The Kier molecular flexibility index (Phi) is 3.67. The number of hydrogen-bond acceptors (Lipinski definition) is 2. The standard InChI is InChI=1S/C12H20N2/c1-12(2,3)14-9-11-6-4-10(8-13)5-7-11/h4-7,14H,8-9,13H2,1-3H3. The first kappa shape index (κ1) is 11.2. The van der Waals surface area contributed by atoms with Gasteiger partial charge in [0.05, 0.1) is 0 Å². The molecule has 2 heteroatoms. The average molecular weight is 192 g/mol. The SMILES string of the molecule is CC(C)(C)NCc1ccc(CN)cc1. The summed E-state index contributed by atoms with van der Waals surface area (Å²) in [6, 6.07) is 8.42. The quantitative estimate of drug-likeness (QED) is 0.769.